The molecule has 34 heavy (non-hydrogen) atoms. The van der Waals surface area contributed by atoms with Gasteiger partial charge < -0.3 is 14.2 Å². The van der Waals surface area contributed by atoms with Crippen molar-refractivity contribution in [3.63, 3.8) is 0 Å². The zero-order valence-corrected chi connectivity index (χ0v) is 22.0. The van der Waals surface area contributed by atoms with Crippen molar-refractivity contribution in [2.75, 3.05) is 13.2 Å². The molecule has 0 atom stereocenters. The van der Waals surface area contributed by atoms with Crippen molar-refractivity contribution in [1.29, 1.82) is 0 Å². The van der Waals surface area contributed by atoms with Gasteiger partial charge in [0.15, 0.2) is 5.79 Å². The van der Waals surface area contributed by atoms with Crippen molar-refractivity contribution >= 4 is 0 Å². The molecule has 0 amide bonds. The molecule has 1 aliphatic heterocycles. The highest BCUT2D eigenvalue weighted by atomic mass is 16.7. The van der Waals surface area contributed by atoms with Gasteiger partial charge in [-0.25, -0.2) is 0 Å². The van der Waals surface area contributed by atoms with Crippen LogP contribution in [-0.2, 0) is 27.9 Å². The average molecular weight is 467 g/mol. The number of ether oxygens (including phenoxy) is 3. The lowest BCUT2D eigenvalue weighted by atomic mass is 9.79. The predicted molar refractivity (Wildman–Crippen MR) is 141 cm³/mol. The number of benzene rings is 2. The van der Waals surface area contributed by atoms with Gasteiger partial charge in [-0.05, 0) is 47.4 Å². The summed E-state index contributed by atoms with van der Waals surface area (Å²) in [5.74, 6) is 0.579. The summed E-state index contributed by atoms with van der Waals surface area (Å²) >= 11 is 0. The standard InChI is InChI=1S/C31H46O3/c1-5-7-9-13-19-30(3,4)28-17-16-27(18-21-31(20-8-6-2)33-22-23-34-31)29(24-28)32-25-26-14-11-10-12-15-26/h10-12,14-17,24H,5-9,13,18-23,25H2,1-4H3. The average Bonchev–Trinajstić information content (AvgIpc) is 3.33. The smallest absolute Gasteiger partial charge is 0.168 e. The van der Waals surface area contributed by atoms with Crippen molar-refractivity contribution in [2.45, 2.75) is 110 Å². The molecule has 0 radical (unpaired) electrons. The van der Waals surface area contributed by atoms with E-state index in [1.54, 1.807) is 0 Å². The molecule has 3 nitrogen and oxygen atoms in total. The molecule has 1 fully saturated rings. The molecule has 0 aliphatic carbocycles. The van der Waals surface area contributed by atoms with E-state index >= 15 is 0 Å². The summed E-state index contributed by atoms with van der Waals surface area (Å²) in [6.07, 6.45) is 11.4. The van der Waals surface area contributed by atoms with Crippen LogP contribution in [0, 0.1) is 0 Å². The molecule has 0 spiro atoms. The first-order chi connectivity index (χ1) is 16.5. The van der Waals surface area contributed by atoms with Gasteiger partial charge in [0, 0.05) is 12.8 Å². The third-order valence-corrected chi connectivity index (χ3v) is 7.24. The molecule has 0 unspecified atom stereocenters. The van der Waals surface area contributed by atoms with E-state index in [-0.39, 0.29) is 5.41 Å². The summed E-state index contributed by atoms with van der Waals surface area (Å²) in [6.45, 7) is 11.2. The lowest BCUT2D eigenvalue weighted by Crippen LogP contribution is -2.30. The Hall–Kier alpha value is -1.84. The van der Waals surface area contributed by atoms with Crippen LogP contribution in [0.25, 0.3) is 0 Å². The van der Waals surface area contributed by atoms with Crippen LogP contribution in [0.1, 0.15) is 102 Å². The summed E-state index contributed by atoms with van der Waals surface area (Å²) in [5.41, 5.74) is 3.94. The van der Waals surface area contributed by atoms with Gasteiger partial charge in [-0.15, -0.1) is 0 Å². The van der Waals surface area contributed by atoms with Gasteiger partial charge in [-0.2, -0.15) is 0 Å². The van der Waals surface area contributed by atoms with Crippen LogP contribution in [0.2, 0.25) is 0 Å². The van der Waals surface area contributed by atoms with Gasteiger partial charge in [-0.3, -0.25) is 0 Å². The predicted octanol–water partition coefficient (Wildman–Crippen LogP) is 8.38. The molecule has 0 saturated carbocycles. The maximum Gasteiger partial charge on any atom is 0.168 e. The first-order valence-corrected chi connectivity index (χ1v) is 13.6. The molecule has 0 N–H and O–H groups in total. The summed E-state index contributed by atoms with van der Waals surface area (Å²) in [4.78, 5) is 0. The van der Waals surface area contributed by atoms with Crippen LogP contribution in [0.3, 0.4) is 0 Å². The van der Waals surface area contributed by atoms with Crippen LogP contribution in [0.4, 0.5) is 0 Å². The minimum atomic E-state index is -0.427. The topological polar surface area (TPSA) is 27.7 Å². The van der Waals surface area contributed by atoms with Crippen molar-refractivity contribution in [2.24, 2.45) is 0 Å². The molecule has 1 saturated heterocycles. The van der Waals surface area contributed by atoms with Gasteiger partial charge in [-0.1, -0.05) is 102 Å². The Morgan fingerprint density at radius 3 is 2.29 bits per heavy atom. The van der Waals surface area contributed by atoms with E-state index in [2.05, 4.69) is 70.2 Å². The van der Waals surface area contributed by atoms with Gasteiger partial charge in [0.25, 0.3) is 0 Å². The molecule has 1 aliphatic rings. The summed E-state index contributed by atoms with van der Waals surface area (Å²) in [5, 5.41) is 0. The van der Waals surface area contributed by atoms with E-state index in [4.69, 9.17) is 14.2 Å². The molecule has 1 heterocycles. The second kappa shape index (κ2) is 13.3. The fourth-order valence-electron chi connectivity index (χ4n) is 4.87. The van der Waals surface area contributed by atoms with Crippen LogP contribution in [0.15, 0.2) is 48.5 Å². The normalized spacial score (nSPS) is 15.5. The SMILES string of the molecule is CCCCCCC(C)(C)c1ccc(CCC2(CCCC)OCCO2)c(OCc2ccccc2)c1. The van der Waals surface area contributed by atoms with E-state index in [0.717, 1.165) is 37.9 Å². The zero-order chi connectivity index (χ0) is 24.3. The van der Waals surface area contributed by atoms with Crippen molar-refractivity contribution in [3.05, 3.63) is 65.2 Å². The molecular formula is C31H46O3. The van der Waals surface area contributed by atoms with Gasteiger partial charge in [0.05, 0.1) is 13.2 Å². The number of aryl methyl sites for hydroxylation is 1. The number of unbranched alkanes of at least 4 members (excludes halogenated alkanes) is 4. The van der Waals surface area contributed by atoms with Crippen LogP contribution in [0.5, 0.6) is 5.75 Å². The van der Waals surface area contributed by atoms with Crippen LogP contribution >= 0.6 is 0 Å². The van der Waals surface area contributed by atoms with Crippen molar-refractivity contribution in [3.8, 4) is 5.75 Å². The van der Waals surface area contributed by atoms with E-state index in [0.29, 0.717) is 19.8 Å². The summed E-state index contributed by atoms with van der Waals surface area (Å²) in [6, 6.07) is 17.3. The molecule has 0 bridgehead atoms. The van der Waals surface area contributed by atoms with Crippen molar-refractivity contribution in [1.82, 2.24) is 0 Å². The monoisotopic (exact) mass is 466 g/mol. The fourth-order valence-corrected chi connectivity index (χ4v) is 4.87. The highest BCUT2D eigenvalue weighted by molar-refractivity contribution is 5.41. The number of rotatable bonds is 15. The van der Waals surface area contributed by atoms with Crippen molar-refractivity contribution < 1.29 is 14.2 Å². The lowest BCUT2D eigenvalue weighted by Gasteiger charge is -2.29. The van der Waals surface area contributed by atoms with E-state index in [1.807, 2.05) is 6.07 Å². The maximum atomic E-state index is 6.45. The largest absolute Gasteiger partial charge is 0.489 e. The second-order valence-corrected chi connectivity index (χ2v) is 10.5. The third-order valence-electron chi connectivity index (χ3n) is 7.24. The molecule has 2 aromatic rings. The molecule has 3 rings (SSSR count). The minimum absolute atomic E-state index is 0.136. The minimum Gasteiger partial charge on any atom is -0.489 e. The highest BCUT2D eigenvalue weighted by Gasteiger charge is 2.35. The van der Waals surface area contributed by atoms with E-state index in [9.17, 15) is 0 Å². The van der Waals surface area contributed by atoms with Crippen LogP contribution < -0.4 is 4.74 Å². The molecule has 2 aromatic carbocycles. The Labute approximate surface area is 208 Å². The van der Waals surface area contributed by atoms with E-state index in [1.165, 1.54) is 48.8 Å². The zero-order valence-electron chi connectivity index (χ0n) is 22.0. The lowest BCUT2D eigenvalue weighted by molar-refractivity contribution is -0.167. The Kier molecular flexibility index (Phi) is 10.5. The second-order valence-electron chi connectivity index (χ2n) is 10.5. The Morgan fingerprint density at radius 1 is 0.853 bits per heavy atom. The maximum absolute atomic E-state index is 6.45. The Balaban J connectivity index is 1.76. The van der Waals surface area contributed by atoms with Gasteiger partial charge >= 0.3 is 0 Å². The molecular weight excluding hydrogens is 420 g/mol. The number of hydrogen-bond donors (Lipinski definition) is 0. The first-order valence-electron chi connectivity index (χ1n) is 13.6. The number of hydrogen-bond acceptors (Lipinski definition) is 3. The Morgan fingerprint density at radius 2 is 1.59 bits per heavy atom. The quantitative estimate of drug-likeness (QED) is 0.247. The van der Waals surface area contributed by atoms with Gasteiger partial charge in [0.1, 0.15) is 12.4 Å². The Bertz CT molecular complexity index is 837. The molecule has 0 aromatic heterocycles. The molecule has 3 heteroatoms. The summed E-state index contributed by atoms with van der Waals surface area (Å²) in [7, 11) is 0. The van der Waals surface area contributed by atoms with Gasteiger partial charge in [0.2, 0.25) is 0 Å². The first kappa shape index (κ1) is 26.8. The fraction of sp³-hybridized carbons (Fsp3) is 0.613. The summed E-state index contributed by atoms with van der Waals surface area (Å²) < 4.78 is 18.7. The van der Waals surface area contributed by atoms with Crippen LogP contribution in [-0.4, -0.2) is 19.0 Å². The third kappa shape index (κ3) is 7.85. The van der Waals surface area contributed by atoms with E-state index < -0.39 is 5.79 Å². The molecule has 188 valence electrons. The highest BCUT2D eigenvalue weighted by Crippen LogP contribution is 2.36.